The number of anilines is 1. The van der Waals surface area contributed by atoms with Crippen molar-refractivity contribution < 1.29 is 28.7 Å². The first-order chi connectivity index (χ1) is 9.27. The third-order valence-electron chi connectivity index (χ3n) is 4.15. The smallest absolute Gasteiger partial charge is 0.297 e. The molecule has 4 heteroatoms. The van der Waals surface area contributed by atoms with Gasteiger partial charge in [0.25, 0.3) is 5.82 Å². The molecule has 3 rings (SSSR count). The lowest BCUT2D eigenvalue weighted by Gasteiger charge is -2.20. The Balaban J connectivity index is 0.00000147. The quantitative estimate of drug-likeness (QED) is 0.504. The lowest BCUT2D eigenvalue weighted by atomic mass is 10.1. The number of halogens is 1. The molecule has 0 aliphatic carbocycles. The Kier molecular flexibility index (Phi) is 5.07. The summed E-state index contributed by atoms with van der Waals surface area (Å²) in [7, 11) is 4.28. The van der Waals surface area contributed by atoms with Crippen LogP contribution in [0.3, 0.4) is 0 Å². The molecule has 108 valence electrons. The SMILES string of the molecule is Cn1c(-c2ccccc2)cc(N2CCCCC2)[n+]1C.[I-]. The normalized spacial score (nSPS) is 15.0. The lowest BCUT2D eigenvalue weighted by molar-refractivity contribution is -0.738. The zero-order chi connectivity index (χ0) is 13.2. The predicted molar refractivity (Wildman–Crippen MR) is 78.1 cm³/mol. The molecule has 1 aromatic heterocycles. The second kappa shape index (κ2) is 6.61. The van der Waals surface area contributed by atoms with Crippen LogP contribution in [0.4, 0.5) is 5.82 Å². The minimum atomic E-state index is 0. The van der Waals surface area contributed by atoms with Gasteiger partial charge in [0, 0.05) is 12.6 Å². The Labute approximate surface area is 138 Å². The maximum absolute atomic E-state index is 2.51. The highest BCUT2D eigenvalue weighted by Crippen LogP contribution is 2.24. The molecule has 0 atom stereocenters. The summed E-state index contributed by atoms with van der Waals surface area (Å²) in [6.07, 6.45) is 4.00. The van der Waals surface area contributed by atoms with Gasteiger partial charge in [-0.25, -0.2) is 4.68 Å². The van der Waals surface area contributed by atoms with Crippen molar-refractivity contribution in [3.8, 4) is 11.3 Å². The van der Waals surface area contributed by atoms with Gasteiger partial charge in [0.05, 0.1) is 24.8 Å². The molecule has 1 saturated heterocycles. The van der Waals surface area contributed by atoms with E-state index < -0.39 is 0 Å². The van der Waals surface area contributed by atoms with Gasteiger partial charge in [-0.3, -0.25) is 4.90 Å². The van der Waals surface area contributed by atoms with E-state index in [9.17, 15) is 0 Å². The summed E-state index contributed by atoms with van der Waals surface area (Å²) in [6.45, 7) is 2.37. The van der Waals surface area contributed by atoms with Crippen molar-refractivity contribution in [3.05, 3.63) is 36.4 Å². The molecule has 0 bridgehead atoms. The second-order valence-electron chi connectivity index (χ2n) is 5.35. The topological polar surface area (TPSA) is 12.1 Å². The molecule has 2 aromatic rings. The molecule has 0 saturated carbocycles. The molecule has 3 nitrogen and oxygen atoms in total. The van der Waals surface area contributed by atoms with E-state index in [1.54, 1.807) is 0 Å². The minimum Gasteiger partial charge on any atom is -1.00 e. The van der Waals surface area contributed by atoms with Crippen molar-refractivity contribution >= 4 is 5.82 Å². The van der Waals surface area contributed by atoms with Crippen LogP contribution in [0, 0.1) is 0 Å². The van der Waals surface area contributed by atoms with Crippen LogP contribution in [0.2, 0.25) is 0 Å². The maximum Gasteiger partial charge on any atom is 0.297 e. The number of hydrogen-bond acceptors (Lipinski definition) is 1. The van der Waals surface area contributed by atoms with Crippen molar-refractivity contribution in [1.29, 1.82) is 0 Å². The van der Waals surface area contributed by atoms with Gasteiger partial charge in [0.15, 0.2) is 0 Å². The number of benzene rings is 1. The summed E-state index contributed by atoms with van der Waals surface area (Å²) >= 11 is 0. The summed E-state index contributed by atoms with van der Waals surface area (Å²) in [4.78, 5) is 2.51. The van der Waals surface area contributed by atoms with E-state index in [4.69, 9.17) is 0 Å². The summed E-state index contributed by atoms with van der Waals surface area (Å²) in [5, 5.41) is 0. The minimum absolute atomic E-state index is 0. The van der Waals surface area contributed by atoms with E-state index >= 15 is 0 Å². The fourth-order valence-corrected chi connectivity index (χ4v) is 2.92. The van der Waals surface area contributed by atoms with Gasteiger partial charge in [-0.2, -0.15) is 4.68 Å². The molecule has 1 aromatic carbocycles. The van der Waals surface area contributed by atoms with Crippen molar-refractivity contribution in [2.45, 2.75) is 19.3 Å². The fraction of sp³-hybridized carbons (Fsp3) is 0.438. The number of piperidine rings is 1. The fourth-order valence-electron chi connectivity index (χ4n) is 2.92. The highest BCUT2D eigenvalue weighted by atomic mass is 127. The van der Waals surface area contributed by atoms with Crippen LogP contribution >= 0.6 is 0 Å². The number of hydrogen-bond donors (Lipinski definition) is 0. The Bertz CT molecular complexity index is 557. The molecule has 1 aliphatic heterocycles. The summed E-state index contributed by atoms with van der Waals surface area (Å²) < 4.78 is 4.49. The maximum atomic E-state index is 2.51. The molecule has 0 amide bonds. The highest BCUT2D eigenvalue weighted by molar-refractivity contribution is 5.62. The van der Waals surface area contributed by atoms with Gasteiger partial charge in [0.2, 0.25) is 0 Å². The van der Waals surface area contributed by atoms with E-state index in [-0.39, 0.29) is 24.0 Å². The van der Waals surface area contributed by atoms with Gasteiger partial charge in [-0.1, -0.05) is 30.3 Å². The van der Waals surface area contributed by atoms with Crippen LogP contribution in [0.15, 0.2) is 36.4 Å². The largest absolute Gasteiger partial charge is 1.00 e. The third kappa shape index (κ3) is 2.85. The van der Waals surface area contributed by atoms with E-state index in [0.29, 0.717) is 0 Å². The van der Waals surface area contributed by atoms with E-state index in [0.717, 1.165) is 0 Å². The van der Waals surface area contributed by atoms with E-state index in [2.05, 4.69) is 64.8 Å². The number of nitrogens with zero attached hydrogens (tertiary/aromatic N) is 3. The molecular formula is C16H22IN3. The molecule has 1 aliphatic rings. The highest BCUT2D eigenvalue weighted by Gasteiger charge is 2.25. The average molecular weight is 383 g/mol. The Morgan fingerprint density at radius 3 is 2.30 bits per heavy atom. The van der Waals surface area contributed by atoms with Crippen molar-refractivity contribution in [1.82, 2.24) is 4.68 Å². The standard InChI is InChI=1S/C16H22N3.HI/c1-17-15(14-9-5-3-6-10-14)13-16(18(17)2)19-11-7-4-8-12-19;/h3,5-6,9-10,13H,4,7-8,11-12H2,1-2H3;1H/q+1;/p-1. The third-order valence-corrected chi connectivity index (χ3v) is 4.15. The second-order valence-corrected chi connectivity index (χ2v) is 5.35. The van der Waals surface area contributed by atoms with Crippen molar-refractivity contribution in [2.24, 2.45) is 14.1 Å². The zero-order valence-corrected chi connectivity index (χ0v) is 14.4. The molecular weight excluding hydrogens is 361 g/mol. The Morgan fingerprint density at radius 2 is 1.65 bits per heavy atom. The molecule has 1 fully saturated rings. The zero-order valence-electron chi connectivity index (χ0n) is 12.2. The molecule has 2 heterocycles. The molecule has 0 unspecified atom stereocenters. The van der Waals surface area contributed by atoms with Crippen molar-refractivity contribution in [2.75, 3.05) is 18.0 Å². The first-order valence-corrected chi connectivity index (χ1v) is 7.14. The van der Waals surface area contributed by atoms with Crippen LogP contribution in [-0.4, -0.2) is 17.8 Å². The van der Waals surface area contributed by atoms with Gasteiger partial charge in [0.1, 0.15) is 7.05 Å². The molecule has 0 spiro atoms. The molecule has 20 heavy (non-hydrogen) atoms. The van der Waals surface area contributed by atoms with E-state index in [1.165, 1.54) is 49.4 Å². The average Bonchev–Trinajstić information content (AvgIpc) is 2.77. The van der Waals surface area contributed by atoms with Crippen LogP contribution in [0.25, 0.3) is 11.3 Å². The van der Waals surface area contributed by atoms with Crippen LogP contribution in [-0.2, 0) is 14.1 Å². The van der Waals surface area contributed by atoms with E-state index in [1.807, 2.05) is 0 Å². The van der Waals surface area contributed by atoms with Crippen LogP contribution in [0.5, 0.6) is 0 Å². The van der Waals surface area contributed by atoms with Crippen LogP contribution in [0.1, 0.15) is 19.3 Å². The number of aromatic nitrogens is 2. The summed E-state index contributed by atoms with van der Waals surface area (Å²) in [5.74, 6) is 1.33. The first kappa shape index (κ1) is 15.4. The monoisotopic (exact) mass is 383 g/mol. The Hall–Kier alpha value is -1.04. The first-order valence-electron chi connectivity index (χ1n) is 7.14. The summed E-state index contributed by atoms with van der Waals surface area (Å²) in [6, 6.07) is 12.9. The van der Waals surface area contributed by atoms with Crippen LogP contribution < -0.4 is 33.6 Å². The molecule has 0 N–H and O–H groups in total. The lowest BCUT2D eigenvalue weighted by Crippen LogP contribution is -3.00. The van der Waals surface area contributed by atoms with Gasteiger partial charge >= 0.3 is 0 Å². The van der Waals surface area contributed by atoms with Gasteiger partial charge in [-0.15, -0.1) is 0 Å². The number of rotatable bonds is 2. The Morgan fingerprint density at radius 1 is 1.00 bits per heavy atom. The summed E-state index contributed by atoms with van der Waals surface area (Å²) in [5.41, 5.74) is 2.56. The van der Waals surface area contributed by atoms with Gasteiger partial charge in [-0.05, 0) is 19.3 Å². The molecule has 0 radical (unpaired) electrons. The predicted octanol–water partition coefficient (Wildman–Crippen LogP) is -0.489. The van der Waals surface area contributed by atoms with Gasteiger partial charge < -0.3 is 24.0 Å². The van der Waals surface area contributed by atoms with Crippen molar-refractivity contribution in [3.63, 3.8) is 0 Å².